The van der Waals surface area contributed by atoms with Crippen molar-refractivity contribution < 1.29 is 19.7 Å². The van der Waals surface area contributed by atoms with E-state index in [-0.39, 0.29) is 6.10 Å². The van der Waals surface area contributed by atoms with E-state index in [1.165, 1.54) is 0 Å². The van der Waals surface area contributed by atoms with Crippen LogP contribution in [-0.4, -0.2) is 35.0 Å². The fourth-order valence-electron chi connectivity index (χ4n) is 2.66. The quantitative estimate of drug-likeness (QED) is 0.756. The lowest BCUT2D eigenvalue weighted by Gasteiger charge is -2.40. The Labute approximate surface area is 96.6 Å². The zero-order valence-electron chi connectivity index (χ0n) is 10.1. The molecule has 0 amide bonds. The Kier molecular flexibility index (Phi) is 4.74. The molecule has 3 atom stereocenters. The molecule has 0 radical (unpaired) electrons. The highest BCUT2D eigenvalue weighted by molar-refractivity contribution is 5.71. The third kappa shape index (κ3) is 2.95. The van der Waals surface area contributed by atoms with Crippen molar-refractivity contribution in [2.45, 2.75) is 57.2 Å². The molecule has 94 valence electrons. The minimum Gasteiger partial charge on any atom is -0.481 e. The number of aliphatic carboxylic acids is 1. The van der Waals surface area contributed by atoms with Gasteiger partial charge in [-0.1, -0.05) is 13.3 Å². The minimum absolute atomic E-state index is 0.00236. The molecule has 0 aromatic heterocycles. The Balaban J connectivity index is 2.75. The second-order valence-electron chi connectivity index (χ2n) is 4.74. The van der Waals surface area contributed by atoms with Gasteiger partial charge in [0, 0.05) is 13.5 Å². The van der Waals surface area contributed by atoms with E-state index in [9.17, 15) is 15.0 Å². The first-order valence-electron chi connectivity index (χ1n) is 6.01. The molecule has 1 aliphatic rings. The molecule has 0 aliphatic heterocycles. The molecule has 3 unspecified atom stereocenters. The number of hydrogen-bond donors (Lipinski definition) is 2. The number of carboxylic acid groups (broad SMARTS) is 1. The Morgan fingerprint density at radius 3 is 2.81 bits per heavy atom. The molecule has 2 N–H and O–H groups in total. The summed E-state index contributed by atoms with van der Waals surface area (Å²) in [7, 11) is 1.62. The SMILES string of the molecule is CCCC(C(=O)O)C1(O)CCCC(OC)C1. The number of ether oxygens (including phenoxy) is 1. The first-order chi connectivity index (χ1) is 7.53. The Morgan fingerprint density at radius 2 is 2.31 bits per heavy atom. The highest BCUT2D eigenvalue weighted by Gasteiger charge is 2.44. The van der Waals surface area contributed by atoms with E-state index >= 15 is 0 Å². The Bertz CT molecular complexity index is 241. The molecule has 0 heterocycles. The number of methoxy groups -OCH3 is 1. The van der Waals surface area contributed by atoms with Crippen LogP contribution in [0.3, 0.4) is 0 Å². The van der Waals surface area contributed by atoms with Gasteiger partial charge in [0.2, 0.25) is 0 Å². The van der Waals surface area contributed by atoms with Crippen molar-refractivity contribution >= 4 is 5.97 Å². The molecule has 0 bridgehead atoms. The van der Waals surface area contributed by atoms with Gasteiger partial charge in [-0.15, -0.1) is 0 Å². The van der Waals surface area contributed by atoms with Gasteiger partial charge in [-0.2, -0.15) is 0 Å². The largest absolute Gasteiger partial charge is 0.481 e. The monoisotopic (exact) mass is 230 g/mol. The van der Waals surface area contributed by atoms with Gasteiger partial charge in [-0.3, -0.25) is 4.79 Å². The summed E-state index contributed by atoms with van der Waals surface area (Å²) >= 11 is 0. The summed E-state index contributed by atoms with van der Waals surface area (Å²) in [5, 5.41) is 19.7. The molecule has 1 fully saturated rings. The maximum atomic E-state index is 11.2. The summed E-state index contributed by atoms with van der Waals surface area (Å²) in [6, 6.07) is 0. The number of carbonyl (C=O) groups is 1. The molecule has 0 aromatic carbocycles. The van der Waals surface area contributed by atoms with Crippen LogP contribution in [0.2, 0.25) is 0 Å². The summed E-state index contributed by atoms with van der Waals surface area (Å²) < 4.78 is 5.24. The lowest BCUT2D eigenvalue weighted by Crippen LogP contribution is -2.47. The van der Waals surface area contributed by atoms with Crippen molar-refractivity contribution in [2.75, 3.05) is 7.11 Å². The third-order valence-electron chi connectivity index (χ3n) is 3.57. The van der Waals surface area contributed by atoms with E-state index in [1.54, 1.807) is 7.11 Å². The highest BCUT2D eigenvalue weighted by atomic mass is 16.5. The number of rotatable bonds is 5. The fourth-order valence-corrected chi connectivity index (χ4v) is 2.66. The average molecular weight is 230 g/mol. The summed E-state index contributed by atoms with van der Waals surface area (Å²) in [5.41, 5.74) is -1.08. The number of carboxylic acids is 1. The molecular formula is C12H22O4. The van der Waals surface area contributed by atoms with Crippen molar-refractivity contribution in [1.29, 1.82) is 0 Å². The molecule has 1 saturated carbocycles. The molecule has 1 rings (SSSR count). The van der Waals surface area contributed by atoms with Crippen molar-refractivity contribution in [3.05, 3.63) is 0 Å². The summed E-state index contributed by atoms with van der Waals surface area (Å²) in [6.07, 6.45) is 4.07. The van der Waals surface area contributed by atoms with Crippen LogP contribution < -0.4 is 0 Å². The molecule has 0 saturated heterocycles. The van der Waals surface area contributed by atoms with Gasteiger partial charge in [0.1, 0.15) is 0 Å². The second kappa shape index (κ2) is 5.64. The van der Waals surface area contributed by atoms with E-state index in [0.29, 0.717) is 19.3 Å². The van der Waals surface area contributed by atoms with Crippen molar-refractivity contribution in [3.8, 4) is 0 Å². The molecule has 4 heteroatoms. The molecular weight excluding hydrogens is 208 g/mol. The normalized spacial score (nSPS) is 32.3. The Hall–Kier alpha value is -0.610. The average Bonchev–Trinajstić information content (AvgIpc) is 2.25. The van der Waals surface area contributed by atoms with Crippen LogP contribution in [-0.2, 0) is 9.53 Å². The van der Waals surface area contributed by atoms with Gasteiger partial charge < -0.3 is 14.9 Å². The fraction of sp³-hybridized carbons (Fsp3) is 0.917. The van der Waals surface area contributed by atoms with Gasteiger partial charge in [0.05, 0.1) is 17.6 Å². The van der Waals surface area contributed by atoms with E-state index < -0.39 is 17.5 Å². The topological polar surface area (TPSA) is 66.8 Å². The lowest BCUT2D eigenvalue weighted by atomic mass is 9.73. The van der Waals surface area contributed by atoms with Crippen LogP contribution in [0.1, 0.15) is 45.4 Å². The molecule has 0 spiro atoms. The zero-order chi connectivity index (χ0) is 12.2. The van der Waals surface area contributed by atoms with Crippen LogP contribution >= 0.6 is 0 Å². The minimum atomic E-state index is -1.08. The van der Waals surface area contributed by atoms with Crippen LogP contribution in [0, 0.1) is 5.92 Å². The smallest absolute Gasteiger partial charge is 0.309 e. The highest BCUT2D eigenvalue weighted by Crippen LogP contribution is 2.37. The van der Waals surface area contributed by atoms with Gasteiger partial charge in [0.25, 0.3) is 0 Å². The first-order valence-corrected chi connectivity index (χ1v) is 6.01. The van der Waals surface area contributed by atoms with E-state index in [1.807, 2.05) is 6.92 Å². The van der Waals surface area contributed by atoms with Gasteiger partial charge in [-0.25, -0.2) is 0 Å². The number of hydrogen-bond acceptors (Lipinski definition) is 3. The lowest BCUT2D eigenvalue weighted by molar-refractivity contribution is -0.160. The second-order valence-corrected chi connectivity index (χ2v) is 4.74. The van der Waals surface area contributed by atoms with E-state index in [0.717, 1.165) is 19.3 Å². The van der Waals surface area contributed by atoms with Gasteiger partial charge >= 0.3 is 5.97 Å². The van der Waals surface area contributed by atoms with Gasteiger partial charge in [0.15, 0.2) is 0 Å². The maximum Gasteiger partial charge on any atom is 0.309 e. The standard InChI is InChI=1S/C12H22O4/c1-3-5-10(11(13)14)12(15)7-4-6-9(8-12)16-2/h9-10,15H,3-8H2,1-2H3,(H,13,14). The predicted molar refractivity (Wildman–Crippen MR) is 60.2 cm³/mol. The van der Waals surface area contributed by atoms with Gasteiger partial charge in [-0.05, 0) is 25.7 Å². The Morgan fingerprint density at radius 1 is 1.62 bits per heavy atom. The summed E-state index contributed by atoms with van der Waals surface area (Å²) in [5.74, 6) is -1.54. The van der Waals surface area contributed by atoms with E-state index in [2.05, 4.69) is 0 Å². The molecule has 4 nitrogen and oxygen atoms in total. The predicted octanol–water partition coefficient (Wildman–Crippen LogP) is 1.81. The molecule has 0 aromatic rings. The van der Waals surface area contributed by atoms with Crippen molar-refractivity contribution in [3.63, 3.8) is 0 Å². The summed E-state index contributed by atoms with van der Waals surface area (Å²) in [6.45, 7) is 1.94. The van der Waals surface area contributed by atoms with Crippen LogP contribution in [0.15, 0.2) is 0 Å². The third-order valence-corrected chi connectivity index (χ3v) is 3.57. The molecule has 16 heavy (non-hydrogen) atoms. The molecule has 1 aliphatic carbocycles. The van der Waals surface area contributed by atoms with Crippen LogP contribution in [0.4, 0.5) is 0 Å². The van der Waals surface area contributed by atoms with Crippen molar-refractivity contribution in [2.24, 2.45) is 5.92 Å². The summed E-state index contributed by atoms with van der Waals surface area (Å²) in [4.78, 5) is 11.2. The maximum absolute atomic E-state index is 11.2. The van der Waals surface area contributed by atoms with Crippen LogP contribution in [0.25, 0.3) is 0 Å². The zero-order valence-corrected chi connectivity index (χ0v) is 10.1. The number of aliphatic hydroxyl groups is 1. The van der Waals surface area contributed by atoms with Crippen molar-refractivity contribution in [1.82, 2.24) is 0 Å². The first kappa shape index (κ1) is 13.5. The van der Waals surface area contributed by atoms with Crippen LogP contribution in [0.5, 0.6) is 0 Å². The van der Waals surface area contributed by atoms with E-state index in [4.69, 9.17) is 4.74 Å².